The third kappa shape index (κ3) is 3.61. The largest absolute Gasteiger partial charge is 0.394 e. The van der Waals surface area contributed by atoms with Crippen LogP contribution < -0.4 is 5.48 Å². The van der Waals surface area contributed by atoms with Crippen molar-refractivity contribution in [3.05, 3.63) is 39.9 Å². The van der Waals surface area contributed by atoms with Crippen molar-refractivity contribution in [3.63, 3.8) is 0 Å². The second-order valence-electron chi connectivity index (χ2n) is 5.50. The van der Waals surface area contributed by atoms with Gasteiger partial charge in [0.15, 0.2) is 0 Å². The zero-order valence-electron chi connectivity index (χ0n) is 13.1. The summed E-state index contributed by atoms with van der Waals surface area (Å²) in [6, 6.07) is 4.61. The van der Waals surface area contributed by atoms with Crippen LogP contribution in [0.5, 0.6) is 0 Å². The number of carbonyl (C=O) groups is 1. The molecule has 0 bridgehead atoms. The zero-order valence-corrected chi connectivity index (χ0v) is 13.1. The number of aliphatic hydroxyl groups is 4. The van der Waals surface area contributed by atoms with Gasteiger partial charge in [-0.1, -0.05) is 0 Å². The molecule has 1 aromatic rings. The fourth-order valence-electron chi connectivity index (χ4n) is 2.49. The number of nitrogens with zero attached hydrogens (tertiary/aromatic N) is 1. The second-order valence-corrected chi connectivity index (χ2v) is 5.50. The number of rotatable bonds is 5. The first-order valence-electron chi connectivity index (χ1n) is 7.25. The van der Waals surface area contributed by atoms with E-state index in [-0.39, 0.29) is 11.3 Å². The van der Waals surface area contributed by atoms with E-state index in [0.717, 1.165) is 19.1 Å². The topological polar surface area (TPSA) is 172 Å². The second kappa shape index (κ2) is 7.39. The van der Waals surface area contributed by atoms with Crippen molar-refractivity contribution in [2.45, 2.75) is 37.1 Å². The number of nitrogens with one attached hydrogen (secondary N) is 1. The third-order valence-corrected chi connectivity index (χ3v) is 3.78. The van der Waals surface area contributed by atoms with Gasteiger partial charge in [0.1, 0.15) is 24.4 Å². The lowest BCUT2D eigenvalue weighted by atomic mass is 9.88. The van der Waals surface area contributed by atoms with E-state index in [1.54, 1.807) is 0 Å². The van der Waals surface area contributed by atoms with Gasteiger partial charge in [-0.05, 0) is 12.1 Å². The average molecular weight is 358 g/mol. The van der Waals surface area contributed by atoms with E-state index in [1.165, 1.54) is 12.1 Å². The lowest BCUT2D eigenvalue weighted by Gasteiger charge is -2.47. The molecule has 138 valence electrons. The maximum Gasteiger partial charge on any atom is 0.269 e. The van der Waals surface area contributed by atoms with Crippen LogP contribution >= 0.6 is 0 Å². The molecule has 1 aromatic carbocycles. The Labute approximate surface area is 141 Å². The van der Waals surface area contributed by atoms with E-state index in [9.17, 15) is 35.3 Å². The molecule has 2 rings (SSSR count). The van der Waals surface area contributed by atoms with Crippen molar-refractivity contribution >= 4 is 11.6 Å². The average Bonchev–Trinajstić information content (AvgIpc) is 2.59. The minimum Gasteiger partial charge on any atom is -0.394 e. The summed E-state index contributed by atoms with van der Waals surface area (Å²) in [5.74, 6) is -2.86. The Kier molecular flexibility index (Phi) is 5.67. The first-order valence-corrected chi connectivity index (χ1v) is 7.25. The number of carbonyl (C=O) groups excluding carboxylic acids is 1. The number of nitro groups is 1. The van der Waals surface area contributed by atoms with Gasteiger partial charge >= 0.3 is 0 Å². The molecule has 25 heavy (non-hydrogen) atoms. The minimum atomic E-state index is -2.20. The first-order chi connectivity index (χ1) is 11.7. The van der Waals surface area contributed by atoms with Crippen molar-refractivity contribution in [2.75, 3.05) is 6.61 Å². The highest BCUT2D eigenvalue weighted by molar-refractivity contribution is 5.71. The predicted molar refractivity (Wildman–Crippen MR) is 79.7 cm³/mol. The van der Waals surface area contributed by atoms with Crippen molar-refractivity contribution in [1.29, 1.82) is 0 Å². The van der Waals surface area contributed by atoms with Crippen molar-refractivity contribution < 1.29 is 39.7 Å². The number of hydrogen-bond acceptors (Lipinski definition) is 9. The number of ether oxygens (including phenoxy) is 1. The van der Waals surface area contributed by atoms with Crippen LogP contribution in [0, 0.1) is 10.1 Å². The summed E-state index contributed by atoms with van der Waals surface area (Å²) in [6.45, 7) is 0.399. The molecule has 1 saturated heterocycles. The molecule has 0 aromatic heterocycles. The fourth-order valence-corrected chi connectivity index (χ4v) is 2.49. The third-order valence-electron chi connectivity index (χ3n) is 3.78. The molecule has 11 nitrogen and oxygen atoms in total. The molecule has 0 spiro atoms. The van der Waals surface area contributed by atoms with E-state index in [0.29, 0.717) is 0 Å². The van der Waals surface area contributed by atoms with Crippen molar-refractivity contribution in [1.82, 2.24) is 5.48 Å². The number of non-ortho nitro benzene ring substituents is 1. The molecule has 0 radical (unpaired) electrons. The van der Waals surface area contributed by atoms with E-state index < -0.39 is 47.6 Å². The van der Waals surface area contributed by atoms with E-state index in [1.807, 2.05) is 5.48 Å². The van der Waals surface area contributed by atoms with Crippen LogP contribution in [0.4, 0.5) is 5.69 Å². The quantitative estimate of drug-likeness (QED) is 0.303. The molecule has 1 aliphatic rings. The molecule has 1 amide bonds. The highest BCUT2D eigenvalue weighted by Crippen LogP contribution is 2.39. The van der Waals surface area contributed by atoms with Gasteiger partial charge in [0.05, 0.1) is 11.5 Å². The lowest BCUT2D eigenvalue weighted by molar-refractivity contribution is -0.387. The Hall–Kier alpha value is -2.15. The van der Waals surface area contributed by atoms with Crippen LogP contribution in [0.25, 0.3) is 0 Å². The zero-order chi connectivity index (χ0) is 18.8. The van der Waals surface area contributed by atoms with Crippen LogP contribution in [0.15, 0.2) is 24.3 Å². The van der Waals surface area contributed by atoms with Gasteiger partial charge < -0.3 is 25.2 Å². The van der Waals surface area contributed by atoms with Crippen molar-refractivity contribution in [3.8, 4) is 0 Å². The fraction of sp³-hybridized carbons (Fsp3) is 0.500. The predicted octanol–water partition coefficient (Wildman–Crippen LogP) is -1.71. The molecule has 0 unspecified atom stereocenters. The minimum absolute atomic E-state index is 0.0174. The highest BCUT2D eigenvalue weighted by atomic mass is 16.8. The SMILES string of the molecule is CC(=O)NO[C@]1(c2ccc([N+](=O)[O-])cc2)O[C@H](CO)[C@@H](O)[C@H](O)[C@H]1O. The van der Waals surface area contributed by atoms with Gasteiger partial charge in [0.2, 0.25) is 11.7 Å². The maximum atomic E-state index is 11.2. The highest BCUT2D eigenvalue weighted by Gasteiger charge is 2.56. The molecule has 1 heterocycles. The van der Waals surface area contributed by atoms with E-state index >= 15 is 0 Å². The molecule has 1 fully saturated rings. The molecule has 0 aliphatic carbocycles. The molecule has 1 aliphatic heterocycles. The first kappa shape index (κ1) is 19.2. The number of hydrogen-bond donors (Lipinski definition) is 5. The molecule has 0 saturated carbocycles. The Morgan fingerprint density at radius 3 is 2.40 bits per heavy atom. The summed E-state index contributed by atoms with van der Waals surface area (Å²) in [4.78, 5) is 26.5. The van der Waals surface area contributed by atoms with Gasteiger partial charge in [-0.3, -0.25) is 14.9 Å². The molecule has 5 atom stereocenters. The van der Waals surface area contributed by atoms with Crippen LogP contribution in [0.3, 0.4) is 0 Å². The van der Waals surface area contributed by atoms with E-state index in [4.69, 9.17) is 9.57 Å². The number of hydroxylamine groups is 1. The Balaban J connectivity index is 2.48. The molecular formula is C14H18N2O9. The summed E-state index contributed by atoms with van der Waals surface area (Å²) in [5, 5.41) is 50.4. The standard InChI is InChI=1S/C14H18N2O9/c1-7(18)15-25-14(8-2-4-9(5-3-8)16(22)23)13(21)12(20)11(19)10(6-17)24-14/h2-5,10-13,17,19-21H,6H2,1H3,(H,15,18)/t10-,11-,12+,13-,14+/m1/s1. The Morgan fingerprint density at radius 1 is 1.32 bits per heavy atom. The number of nitro benzene ring substituents is 1. The number of benzene rings is 1. The molecule has 5 N–H and O–H groups in total. The van der Waals surface area contributed by atoms with Crippen LogP contribution in [-0.2, 0) is 20.2 Å². The van der Waals surface area contributed by atoms with Gasteiger partial charge in [0.25, 0.3) is 5.69 Å². The number of amides is 1. The maximum absolute atomic E-state index is 11.2. The van der Waals surface area contributed by atoms with Crippen LogP contribution in [-0.4, -0.2) is 62.3 Å². The summed E-state index contributed by atoms with van der Waals surface area (Å²) >= 11 is 0. The Morgan fingerprint density at radius 2 is 1.92 bits per heavy atom. The van der Waals surface area contributed by atoms with Gasteiger partial charge in [-0.2, -0.15) is 0 Å². The monoisotopic (exact) mass is 358 g/mol. The number of aliphatic hydroxyl groups excluding tert-OH is 4. The molecule has 11 heteroatoms. The van der Waals surface area contributed by atoms with Crippen LogP contribution in [0.1, 0.15) is 12.5 Å². The molecular weight excluding hydrogens is 340 g/mol. The van der Waals surface area contributed by atoms with E-state index in [2.05, 4.69) is 0 Å². The summed E-state index contributed by atoms with van der Waals surface area (Å²) in [6.07, 6.45) is -6.62. The van der Waals surface area contributed by atoms with Crippen LogP contribution in [0.2, 0.25) is 0 Å². The summed E-state index contributed by atoms with van der Waals surface area (Å²) < 4.78 is 5.44. The van der Waals surface area contributed by atoms with Gasteiger partial charge in [0, 0.05) is 24.6 Å². The summed E-state index contributed by atoms with van der Waals surface area (Å²) in [5.41, 5.74) is 1.74. The normalized spacial score (nSPS) is 32.2. The summed E-state index contributed by atoms with van der Waals surface area (Å²) in [7, 11) is 0. The van der Waals surface area contributed by atoms with Crippen molar-refractivity contribution in [2.24, 2.45) is 0 Å². The Bertz CT molecular complexity index is 636. The van der Waals surface area contributed by atoms with Gasteiger partial charge in [-0.15, -0.1) is 0 Å². The van der Waals surface area contributed by atoms with Gasteiger partial charge in [-0.25, -0.2) is 10.3 Å². The smallest absolute Gasteiger partial charge is 0.269 e. The lowest BCUT2D eigenvalue weighted by Crippen LogP contribution is -2.65.